The molecule has 41 heavy (non-hydrogen) atoms. The van der Waals surface area contributed by atoms with Crippen LogP contribution in [0.4, 0.5) is 5.69 Å². The molecule has 0 saturated carbocycles. The molecule has 2 heterocycles. The van der Waals surface area contributed by atoms with Gasteiger partial charge in [-0.05, 0) is 30.0 Å². The minimum absolute atomic E-state index is 0.00481. The van der Waals surface area contributed by atoms with Gasteiger partial charge in [0.1, 0.15) is 5.75 Å². The average molecular weight is 560 g/mol. The SMILES string of the molecule is COC(=O)[C@H](COCc1ccccc1)NC(=O)CC[C@@H](C(C)C)N1Cc2cc(Oc3ccccc3)ncc2N=C1N. The number of carbonyl (C=O) groups is 2. The Balaban J connectivity index is 1.36. The third-order valence-electron chi connectivity index (χ3n) is 6.83. The zero-order valence-corrected chi connectivity index (χ0v) is 23.7. The number of hydrogen-bond donors (Lipinski definition) is 2. The van der Waals surface area contributed by atoms with Crippen LogP contribution in [0.25, 0.3) is 0 Å². The highest BCUT2D eigenvalue weighted by atomic mass is 16.5. The van der Waals surface area contributed by atoms with Crippen molar-refractivity contribution in [2.75, 3.05) is 13.7 Å². The number of amides is 1. The Morgan fingerprint density at radius 3 is 2.46 bits per heavy atom. The number of aromatic nitrogens is 1. The van der Waals surface area contributed by atoms with Crippen LogP contribution in [0.2, 0.25) is 0 Å². The first-order valence-electron chi connectivity index (χ1n) is 13.7. The molecule has 2 atom stereocenters. The Hall–Kier alpha value is -4.44. The minimum atomic E-state index is -0.905. The molecule has 0 aliphatic carbocycles. The summed E-state index contributed by atoms with van der Waals surface area (Å²) in [6.07, 6.45) is 2.35. The van der Waals surface area contributed by atoms with Crippen molar-refractivity contribution in [2.24, 2.45) is 16.6 Å². The van der Waals surface area contributed by atoms with E-state index in [1.165, 1.54) is 7.11 Å². The molecule has 0 saturated heterocycles. The van der Waals surface area contributed by atoms with Crippen molar-refractivity contribution in [3.8, 4) is 11.6 Å². The molecule has 1 aliphatic heterocycles. The van der Waals surface area contributed by atoms with Crippen LogP contribution in [0.5, 0.6) is 11.6 Å². The molecule has 0 bridgehead atoms. The summed E-state index contributed by atoms with van der Waals surface area (Å²) < 4.78 is 16.5. The monoisotopic (exact) mass is 559 g/mol. The summed E-state index contributed by atoms with van der Waals surface area (Å²) in [7, 11) is 1.29. The van der Waals surface area contributed by atoms with Crippen LogP contribution < -0.4 is 15.8 Å². The number of nitrogens with one attached hydrogen (secondary N) is 1. The van der Waals surface area contributed by atoms with Crippen LogP contribution in [0.15, 0.2) is 77.9 Å². The maximum atomic E-state index is 12.9. The fourth-order valence-corrected chi connectivity index (χ4v) is 4.67. The lowest BCUT2D eigenvalue weighted by molar-refractivity contribution is -0.147. The van der Waals surface area contributed by atoms with Crippen molar-refractivity contribution in [1.29, 1.82) is 0 Å². The summed E-state index contributed by atoms with van der Waals surface area (Å²) in [6, 6.07) is 19.9. The van der Waals surface area contributed by atoms with E-state index in [0.29, 0.717) is 42.8 Å². The Bertz CT molecular complexity index is 1330. The lowest BCUT2D eigenvalue weighted by Crippen LogP contribution is -2.49. The smallest absolute Gasteiger partial charge is 0.330 e. The molecule has 216 valence electrons. The van der Waals surface area contributed by atoms with E-state index < -0.39 is 12.0 Å². The van der Waals surface area contributed by atoms with Crippen LogP contribution in [0.3, 0.4) is 0 Å². The standard InChI is InChI=1S/C31H37N5O5/c1-21(2)27(14-15-28(37)34-26(30(38)39-3)20-40-19-22-10-6-4-7-11-22)36-18-23-16-29(33-17-25(23)35-31(36)32)41-24-12-8-5-9-13-24/h4-13,16-17,21,26-27H,14-15,18-20H2,1-3H3,(H2,32,35)(H,34,37)/t26-,27-/m0/s1. The van der Waals surface area contributed by atoms with E-state index >= 15 is 0 Å². The number of ether oxygens (including phenoxy) is 3. The number of fused-ring (bicyclic) bond motifs is 1. The largest absolute Gasteiger partial charge is 0.467 e. The highest BCUT2D eigenvalue weighted by molar-refractivity contribution is 5.85. The van der Waals surface area contributed by atoms with Crippen molar-refractivity contribution in [2.45, 2.75) is 51.9 Å². The van der Waals surface area contributed by atoms with Gasteiger partial charge in [-0.3, -0.25) is 4.79 Å². The van der Waals surface area contributed by atoms with E-state index in [0.717, 1.165) is 11.1 Å². The maximum absolute atomic E-state index is 12.9. The number of nitrogens with two attached hydrogens (primary N) is 1. The van der Waals surface area contributed by atoms with Crippen LogP contribution in [0, 0.1) is 5.92 Å². The normalized spacial score (nSPS) is 14.0. The van der Waals surface area contributed by atoms with E-state index in [-0.39, 0.29) is 30.9 Å². The zero-order valence-electron chi connectivity index (χ0n) is 23.7. The molecule has 3 N–H and O–H groups in total. The molecular formula is C31H37N5O5. The van der Waals surface area contributed by atoms with Crippen molar-refractivity contribution in [1.82, 2.24) is 15.2 Å². The predicted octanol–water partition coefficient (Wildman–Crippen LogP) is 4.32. The van der Waals surface area contributed by atoms with Gasteiger partial charge in [-0.2, -0.15) is 0 Å². The van der Waals surface area contributed by atoms with Gasteiger partial charge in [0, 0.05) is 30.6 Å². The van der Waals surface area contributed by atoms with Crippen LogP contribution in [-0.4, -0.2) is 53.5 Å². The fraction of sp³-hybridized carbons (Fsp3) is 0.355. The van der Waals surface area contributed by atoms with Gasteiger partial charge in [0.15, 0.2) is 12.0 Å². The summed E-state index contributed by atoms with van der Waals surface area (Å²) in [4.78, 5) is 36.2. The summed E-state index contributed by atoms with van der Waals surface area (Å²) in [6.45, 7) is 4.99. The number of para-hydroxylation sites is 1. The van der Waals surface area contributed by atoms with E-state index in [2.05, 4.69) is 29.1 Å². The maximum Gasteiger partial charge on any atom is 0.330 e. The molecular weight excluding hydrogens is 522 g/mol. The third kappa shape index (κ3) is 8.28. The molecule has 0 radical (unpaired) electrons. The molecule has 3 aromatic rings. The number of esters is 1. The summed E-state index contributed by atoms with van der Waals surface area (Å²) in [5.41, 5.74) is 8.97. The molecule has 4 rings (SSSR count). The quantitative estimate of drug-likeness (QED) is 0.297. The van der Waals surface area contributed by atoms with Crippen LogP contribution in [-0.2, 0) is 32.2 Å². The number of pyridine rings is 1. The first kappa shape index (κ1) is 29.5. The van der Waals surface area contributed by atoms with E-state index in [9.17, 15) is 9.59 Å². The molecule has 2 aromatic carbocycles. The van der Waals surface area contributed by atoms with E-state index in [1.807, 2.05) is 71.6 Å². The van der Waals surface area contributed by atoms with Gasteiger partial charge in [-0.1, -0.05) is 62.4 Å². The van der Waals surface area contributed by atoms with Gasteiger partial charge >= 0.3 is 5.97 Å². The van der Waals surface area contributed by atoms with Gasteiger partial charge in [-0.15, -0.1) is 0 Å². The minimum Gasteiger partial charge on any atom is -0.467 e. The number of benzene rings is 2. The van der Waals surface area contributed by atoms with Gasteiger partial charge in [0.25, 0.3) is 0 Å². The van der Waals surface area contributed by atoms with Crippen molar-refractivity contribution in [3.05, 3.63) is 84.1 Å². The van der Waals surface area contributed by atoms with E-state index in [1.54, 1.807) is 6.20 Å². The number of carbonyl (C=O) groups excluding carboxylic acids is 2. The van der Waals surface area contributed by atoms with Gasteiger partial charge in [0.2, 0.25) is 11.8 Å². The first-order chi connectivity index (χ1) is 19.8. The third-order valence-corrected chi connectivity index (χ3v) is 6.83. The van der Waals surface area contributed by atoms with Gasteiger partial charge < -0.3 is 30.2 Å². The van der Waals surface area contributed by atoms with Crippen molar-refractivity contribution >= 4 is 23.5 Å². The molecule has 10 heteroatoms. The second-order valence-electron chi connectivity index (χ2n) is 10.2. The molecule has 10 nitrogen and oxygen atoms in total. The van der Waals surface area contributed by atoms with Gasteiger partial charge in [-0.25, -0.2) is 14.8 Å². The van der Waals surface area contributed by atoms with Crippen molar-refractivity contribution in [3.63, 3.8) is 0 Å². The number of methoxy groups -OCH3 is 1. The second-order valence-corrected chi connectivity index (χ2v) is 10.2. The Morgan fingerprint density at radius 1 is 1.07 bits per heavy atom. The highest BCUT2D eigenvalue weighted by Crippen LogP contribution is 2.32. The number of guanidine groups is 1. The number of aliphatic imine (C=N–C) groups is 1. The first-order valence-corrected chi connectivity index (χ1v) is 13.7. The summed E-state index contributed by atoms with van der Waals surface area (Å²) >= 11 is 0. The molecule has 0 unspecified atom stereocenters. The van der Waals surface area contributed by atoms with E-state index in [4.69, 9.17) is 19.9 Å². The van der Waals surface area contributed by atoms with Crippen LogP contribution >= 0.6 is 0 Å². The molecule has 0 fully saturated rings. The highest BCUT2D eigenvalue weighted by Gasteiger charge is 2.29. The molecule has 1 aliphatic rings. The lowest BCUT2D eigenvalue weighted by atomic mass is 9.96. The van der Waals surface area contributed by atoms with Crippen LogP contribution in [0.1, 0.15) is 37.8 Å². The second kappa shape index (κ2) is 14.3. The zero-order chi connectivity index (χ0) is 29.2. The Labute approximate surface area is 240 Å². The van der Waals surface area contributed by atoms with Gasteiger partial charge in [0.05, 0.1) is 32.2 Å². The summed E-state index contributed by atoms with van der Waals surface area (Å²) in [5, 5.41) is 2.77. The Morgan fingerprint density at radius 2 is 1.78 bits per heavy atom. The molecule has 1 aromatic heterocycles. The predicted molar refractivity (Wildman–Crippen MR) is 155 cm³/mol. The fourth-order valence-electron chi connectivity index (χ4n) is 4.67. The number of rotatable bonds is 13. The average Bonchev–Trinajstić information content (AvgIpc) is 2.97. The topological polar surface area (TPSA) is 128 Å². The number of nitrogens with zero attached hydrogens (tertiary/aromatic N) is 3. The van der Waals surface area contributed by atoms with Crippen molar-refractivity contribution < 1.29 is 23.8 Å². The molecule has 0 spiro atoms. The lowest BCUT2D eigenvalue weighted by Gasteiger charge is -2.37. The number of hydrogen-bond acceptors (Lipinski definition) is 9. The Kier molecular flexibility index (Phi) is 10.3. The summed E-state index contributed by atoms with van der Waals surface area (Å²) in [5.74, 6) is 0.872. The molecule has 1 amide bonds.